The molecule has 0 aromatic heterocycles. The molecule has 7 atom stereocenters. The third-order valence-corrected chi connectivity index (χ3v) is 8.37. The van der Waals surface area contributed by atoms with Crippen molar-refractivity contribution in [3.8, 4) is 0 Å². The Morgan fingerprint density at radius 3 is 2.71 bits per heavy atom. The molecular formula is C27H44O4. The van der Waals surface area contributed by atoms with Gasteiger partial charge in [0.2, 0.25) is 0 Å². The Balaban J connectivity index is 1.73. The fraction of sp³-hybridized carbons (Fsp3) is 0.778. The van der Waals surface area contributed by atoms with E-state index in [0.29, 0.717) is 36.7 Å². The van der Waals surface area contributed by atoms with Gasteiger partial charge in [-0.2, -0.15) is 0 Å². The third kappa shape index (κ3) is 5.35. The largest absolute Gasteiger partial charge is 0.393 e. The standard InChI is InChI=1S/C27H44O4/c1-17(8-13-25(30)26(3,4)31)22-11-12-23-19(7-6-14-27(22,23)5)9-10-20-15-21(28)16-24(29)18(20)2/h9-10,17,21-25,28-31H,2,6-8,11-16H2,1,3-5H3/b19-9+,20-10-/t17-,21-,22-,23+,24+,25-,27-/m1/s1/i3D3,4D3. The summed E-state index contributed by atoms with van der Waals surface area (Å²) in [6.07, 6.45) is 7.20. The molecule has 0 bridgehead atoms. The Kier molecular flexibility index (Phi) is 5.37. The number of rotatable bonds is 6. The van der Waals surface area contributed by atoms with Crippen molar-refractivity contribution in [1.29, 1.82) is 0 Å². The predicted molar refractivity (Wildman–Crippen MR) is 125 cm³/mol. The molecular weight excluding hydrogens is 388 g/mol. The van der Waals surface area contributed by atoms with Crippen molar-refractivity contribution in [1.82, 2.24) is 0 Å². The van der Waals surface area contributed by atoms with Crippen LogP contribution in [-0.4, -0.2) is 44.3 Å². The summed E-state index contributed by atoms with van der Waals surface area (Å²) >= 11 is 0. The van der Waals surface area contributed by atoms with E-state index >= 15 is 0 Å². The van der Waals surface area contributed by atoms with E-state index < -0.39 is 37.6 Å². The zero-order valence-electron chi connectivity index (χ0n) is 25.0. The maximum atomic E-state index is 10.6. The molecule has 4 heteroatoms. The molecule has 3 rings (SSSR count). The van der Waals surface area contributed by atoms with Crippen LogP contribution < -0.4 is 0 Å². The normalized spacial score (nSPS) is 42.7. The predicted octanol–water partition coefficient (Wildman–Crippen LogP) is 4.68. The quantitative estimate of drug-likeness (QED) is 0.486. The first-order valence-electron chi connectivity index (χ1n) is 14.8. The van der Waals surface area contributed by atoms with Crippen LogP contribution in [0.2, 0.25) is 0 Å². The van der Waals surface area contributed by atoms with Crippen molar-refractivity contribution in [2.75, 3.05) is 0 Å². The number of hydrogen-bond donors (Lipinski definition) is 4. The van der Waals surface area contributed by atoms with Crippen LogP contribution in [0.3, 0.4) is 0 Å². The number of aliphatic hydroxyl groups is 4. The Bertz CT molecular complexity index is 894. The second-order valence-electron chi connectivity index (χ2n) is 10.5. The van der Waals surface area contributed by atoms with Crippen molar-refractivity contribution in [3.05, 3.63) is 35.5 Å². The monoisotopic (exact) mass is 438 g/mol. The highest BCUT2D eigenvalue weighted by Gasteiger charge is 2.50. The van der Waals surface area contributed by atoms with Gasteiger partial charge in [-0.3, -0.25) is 0 Å². The van der Waals surface area contributed by atoms with Gasteiger partial charge in [0.1, 0.15) is 0 Å². The summed E-state index contributed by atoms with van der Waals surface area (Å²) in [7, 11) is 0. The first-order chi connectivity index (χ1) is 16.9. The molecule has 0 amide bonds. The lowest BCUT2D eigenvalue weighted by Gasteiger charge is -2.44. The molecule has 0 saturated heterocycles. The van der Waals surface area contributed by atoms with E-state index in [1.807, 2.05) is 6.08 Å². The van der Waals surface area contributed by atoms with Gasteiger partial charge in [0.15, 0.2) is 0 Å². The van der Waals surface area contributed by atoms with Gasteiger partial charge in [0.25, 0.3) is 0 Å². The van der Waals surface area contributed by atoms with Crippen LogP contribution in [0.1, 0.15) is 93.6 Å². The molecule has 3 aliphatic rings. The maximum absolute atomic E-state index is 10.6. The molecule has 3 aliphatic carbocycles. The summed E-state index contributed by atoms with van der Waals surface area (Å²) in [6.45, 7) is 1.91. The van der Waals surface area contributed by atoms with Crippen LogP contribution in [0.25, 0.3) is 0 Å². The summed E-state index contributed by atoms with van der Waals surface area (Å²) in [4.78, 5) is 0. The van der Waals surface area contributed by atoms with E-state index in [-0.39, 0.29) is 17.8 Å². The fourth-order valence-electron chi connectivity index (χ4n) is 6.51. The molecule has 0 aliphatic heterocycles. The Labute approximate surface area is 197 Å². The van der Waals surface area contributed by atoms with Crippen LogP contribution in [-0.2, 0) is 0 Å². The number of fused-ring (bicyclic) bond motifs is 1. The molecule has 0 aromatic rings. The van der Waals surface area contributed by atoms with E-state index in [4.69, 9.17) is 8.22 Å². The van der Waals surface area contributed by atoms with E-state index in [0.717, 1.165) is 37.7 Å². The first kappa shape index (κ1) is 17.5. The topological polar surface area (TPSA) is 80.9 Å². The Hall–Kier alpha value is -0.940. The minimum absolute atomic E-state index is 0.0277. The molecule has 176 valence electrons. The summed E-state index contributed by atoms with van der Waals surface area (Å²) < 4.78 is 45.4. The highest BCUT2D eigenvalue weighted by atomic mass is 16.3. The first-order valence-corrected chi connectivity index (χ1v) is 11.8. The summed E-state index contributed by atoms with van der Waals surface area (Å²) in [6, 6.07) is 0. The van der Waals surface area contributed by atoms with E-state index in [2.05, 4.69) is 26.5 Å². The molecule has 3 fully saturated rings. The molecule has 4 N–H and O–H groups in total. The van der Waals surface area contributed by atoms with Gasteiger partial charge in [0, 0.05) is 14.6 Å². The summed E-state index contributed by atoms with van der Waals surface area (Å²) in [5, 5.41) is 41.4. The summed E-state index contributed by atoms with van der Waals surface area (Å²) in [5.74, 6) is 0.815. The SMILES string of the molecule is [2H]C([2H])([2H])C(O)([C@H](O)CC[C@@H](C)[C@H]1CC[C@H]2/C(=C/C=C3/C[C@@H](O)C[C@H](O)C3=C)CCC[C@]12C)C([2H])([2H])[2H]. The number of aliphatic hydroxyl groups excluding tert-OH is 3. The van der Waals surface area contributed by atoms with E-state index in [1.165, 1.54) is 5.57 Å². The molecule has 0 heterocycles. The van der Waals surface area contributed by atoms with Crippen molar-refractivity contribution >= 4 is 0 Å². The van der Waals surface area contributed by atoms with Crippen LogP contribution in [0.4, 0.5) is 0 Å². The van der Waals surface area contributed by atoms with Crippen molar-refractivity contribution in [3.63, 3.8) is 0 Å². The lowest BCUT2D eigenvalue weighted by molar-refractivity contribution is -0.0554. The summed E-state index contributed by atoms with van der Waals surface area (Å²) in [5.41, 5.74) is -0.219. The second-order valence-corrected chi connectivity index (χ2v) is 10.5. The van der Waals surface area contributed by atoms with Gasteiger partial charge >= 0.3 is 0 Å². The van der Waals surface area contributed by atoms with E-state index in [9.17, 15) is 20.4 Å². The molecule has 0 spiro atoms. The molecule has 0 radical (unpaired) electrons. The van der Waals surface area contributed by atoms with Crippen LogP contribution in [0.15, 0.2) is 35.5 Å². The minimum atomic E-state index is -3.24. The maximum Gasteiger partial charge on any atom is 0.0849 e. The zero-order chi connectivity index (χ0) is 28.0. The van der Waals surface area contributed by atoms with E-state index in [1.54, 1.807) is 0 Å². The van der Waals surface area contributed by atoms with Crippen molar-refractivity contribution in [2.24, 2.45) is 23.2 Å². The Morgan fingerprint density at radius 2 is 2.00 bits per heavy atom. The lowest BCUT2D eigenvalue weighted by atomic mass is 9.60. The fourth-order valence-corrected chi connectivity index (χ4v) is 6.51. The highest BCUT2D eigenvalue weighted by Crippen LogP contribution is 2.60. The van der Waals surface area contributed by atoms with Crippen LogP contribution in [0.5, 0.6) is 0 Å². The van der Waals surface area contributed by atoms with Crippen molar-refractivity contribution < 1.29 is 28.7 Å². The second kappa shape index (κ2) is 9.51. The average molecular weight is 439 g/mol. The van der Waals surface area contributed by atoms with Crippen LogP contribution >= 0.6 is 0 Å². The number of allylic oxidation sites excluding steroid dienone is 3. The average Bonchev–Trinajstić information content (AvgIpc) is 3.14. The molecule has 0 unspecified atom stereocenters. The van der Waals surface area contributed by atoms with Gasteiger partial charge < -0.3 is 20.4 Å². The van der Waals surface area contributed by atoms with Crippen LogP contribution in [0, 0.1) is 23.2 Å². The van der Waals surface area contributed by atoms with Gasteiger partial charge in [-0.25, -0.2) is 0 Å². The smallest absolute Gasteiger partial charge is 0.0849 e. The Morgan fingerprint density at radius 1 is 1.26 bits per heavy atom. The van der Waals surface area contributed by atoms with Crippen molar-refractivity contribution in [2.45, 2.75) is 109 Å². The molecule has 4 nitrogen and oxygen atoms in total. The minimum Gasteiger partial charge on any atom is -0.393 e. The van der Waals surface area contributed by atoms with Gasteiger partial charge in [0.05, 0.1) is 23.9 Å². The highest BCUT2D eigenvalue weighted by molar-refractivity contribution is 5.38. The zero-order valence-corrected chi connectivity index (χ0v) is 19.0. The number of hydrogen-bond acceptors (Lipinski definition) is 4. The van der Waals surface area contributed by atoms with Gasteiger partial charge in [-0.15, -0.1) is 0 Å². The molecule has 31 heavy (non-hydrogen) atoms. The lowest BCUT2D eigenvalue weighted by Crippen LogP contribution is -2.38. The van der Waals surface area contributed by atoms with Gasteiger partial charge in [-0.1, -0.05) is 38.2 Å². The molecule has 3 saturated carbocycles. The molecule has 0 aromatic carbocycles. The van der Waals surface area contributed by atoms with Gasteiger partial charge in [-0.05, 0) is 99.4 Å². The third-order valence-electron chi connectivity index (χ3n) is 8.37.